The van der Waals surface area contributed by atoms with Crippen molar-refractivity contribution in [2.24, 2.45) is 16.4 Å². The second kappa shape index (κ2) is 4.16. The Labute approximate surface area is 87.5 Å². The normalized spacial score (nSPS) is 27.6. The minimum atomic E-state index is 0.349. The summed E-state index contributed by atoms with van der Waals surface area (Å²) in [6.07, 6.45) is 4.20. The van der Waals surface area contributed by atoms with Gasteiger partial charge in [0.2, 0.25) is 0 Å². The molecule has 0 radical (unpaired) electrons. The summed E-state index contributed by atoms with van der Waals surface area (Å²) in [4.78, 5) is 0. The quantitative estimate of drug-likeness (QED) is 0.671. The Hall–Kier alpha value is -0.790. The van der Waals surface area contributed by atoms with Crippen molar-refractivity contribution in [3.8, 4) is 0 Å². The van der Waals surface area contributed by atoms with Crippen molar-refractivity contribution in [3.63, 3.8) is 0 Å². The van der Waals surface area contributed by atoms with E-state index in [1.54, 1.807) is 0 Å². The lowest BCUT2D eigenvalue weighted by Crippen LogP contribution is -2.34. The maximum atomic E-state index is 4.24. The van der Waals surface area contributed by atoms with Crippen LogP contribution in [0.4, 0.5) is 0 Å². The zero-order chi connectivity index (χ0) is 10.8. The van der Waals surface area contributed by atoms with Crippen LogP contribution in [0.15, 0.2) is 17.3 Å². The van der Waals surface area contributed by atoms with Crippen LogP contribution >= 0.6 is 0 Å². The van der Waals surface area contributed by atoms with E-state index in [-0.39, 0.29) is 0 Å². The van der Waals surface area contributed by atoms with E-state index in [2.05, 4.69) is 44.8 Å². The minimum Gasteiger partial charge on any atom is -0.307 e. The third-order valence-electron chi connectivity index (χ3n) is 3.13. The monoisotopic (exact) mass is 194 g/mol. The van der Waals surface area contributed by atoms with Gasteiger partial charge in [0.05, 0.1) is 6.04 Å². The Bertz CT molecular complexity index is 241. The second-order valence-corrected chi connectivity index (χ2v) is 5.25. The Morgan fingerprint density at radius 3 is 2.86 bits per heavy atom. The van der Waals surface area contributed by atoms with Gasteiger partial charge in [0, 0.05) is 6.21 Å². The predicted octanol–water partition coefficient (Wildman–Crippen LogP) is 2.96. The summed E-state index contributed by atoms with van der Waals surface area (Å²) in [5, 5.41) is 4.24. The molecular formula is C12H22N2. The van der Waals surface area contributed by atoms with Crippen molar-refractivity contribution in [2.75, 3.05) is 0 Å². The molecule has 0 saturated carbocycles. The Morgan fingerprint density at radius 2 is 2.29 bits per heavy atom. The van der Waals surface area contributed by atoms with E-state index in [0.29, 0.717) is 17.4 Å². The zero-order valence-corrected chi connectivity index (χ0v) is 9.80. The highest BCUT2D eigenvalue weighted by Gasteiger charge is 2.28. The molecule has 0 amide bonds. The van der Waals surface area contributed by atoms with Gasteiger partial charge < -0.3 is 5.43 Å². The van der Waals surface area contributed by atoms with Gasteiger partial charge in [-0.3, -0.25) is 0 Å². The molecule has 1 aliphatic rings. The highest BCUT2D eigenvalue weighted by molar-refractivity contribution is 5.58. The first-order valence-electron chi connectivity index (χ1n) is 5.35. The molecule has 0 aromatic heterocycles. The van der Waals surface area contributed by atoms with Crippen LogP contribution in [0.5, 0.6) is 0 Å². The largest absolute Gasteiger partial charge is 0.307 e. The second-order valence-electron chi connectivity index (χ2n) is 5.25. The fourth-order valence-electron chi connectivity index (χ4n) is 1.80. The minimum absolute atomic E-state index is 0.349. The van der Waals surface area contributed by atoms with Crippen molar-refractivity contribution in [2.45, 2.75) is 46.6 Å². The van der Waals surface area contributed by atoms with Crippen LogP contribution in [0.25, 0.3) is 0 Å². The number of nitrogens with zero attached hydrogens (tertiary/aromatic N) is 1. The van der Waals surface area contributed by atoms with Gasteiger partial charge in [0.25, 0.3) is 0 Å². The number of hydrogen-bond donors (Lipinski definition) is 1. The van der Waals surface area contributed by atoms with Crippen molar-refractivity contribution in [3.05, 3.63) is 12.2 Å². The van der Waals surface area contributed by atoms with E-state index >= 15 is 0 Å². The highest BCUT2D eigenvalue weighted by atomic mass is 15.3. The van der Waals surface area contributed by atoms with Gasteiger partial charge in [-0.05, 0) is 31.1 Å². The van der Waals surface area contributed by atoms with Crippen LogP contribution in [0, 0.1) is 11.3 Å². The third kappa shape index (κ3) is 2.86. The molecule has 2 atom stereocenters. The van der Waals surface area contributed by atoms with Gasteiger partial charge in [-0.1, -0.05) is 32.9 Å². The topological polar surface area (TPSA) is 24.4 Å². The summed E-state index contributed by atoms with van der Waals surface area (Å²) < 4.78 is 0. The van der Waals surface area contributed by atoms with Crippen LogP contribution < -0.4 is 5.43 Å². The average Bonchev–Trinajstić information content (AvgIpc) is 2.24. The molecule has 0 aliphatic carbocycles. The van der Waals surface area contributed by atoms with Crippen molar-refractivity contribution >= 4 is 6.21 Å². The van der Waals surface area contributed by atoms with Crippen LogP contribution in [-0.4, -0.2) is 12.3 Å². The molecule has 0 spiro atoms. The molecule has 0 fully saturated rings. The maximum absolute atomic E-state index is 4.24. The highest BCUT2D eigenvalue weighted by Crippen LogP contribution is 2.31. The molecule has 1 heterocycles. The number of hydrazone groups is 1. The van der Waals surface area contributed by atoms with E-state index < -0.39 is 0 Å². The standard InChI is InChI=1S/C12H22N2/c1-9(2)10(3)11-8-12(4,5)6-7-13-14-11/h7,10-11,14H,1,6,8H2,2-5H3. The molecule has 2 heteroatoms. The summed E-state index contributed by atoms with van der Waals surface area (Å²) in [5.41, 5.74) is 4.81. The first-order chi connectivity index (χ1) is 6.42. The van der Waals surface area contributed by atoms with Gasteiger partial charge in [-0.15, -0.1) is 0 Å². The van der Waals surface area contributed by atoms with Crippen molar-refractivity contribution in [1.29, 1.82) is 0 Å². The number of rotatable bonds is 2. The molecule has 1 N–H and O–H groups in total. The molecule has 2 nitrogen and oxygen atoms in total. The number of nitrogens with one attached hydrogen (secondary N) is 1. The van der Waals surface area contributed by atoms with Crippen molar-refractivity contribution in [1.82, 2.24) is 5.43 Å². The van der Waals surface area contributed by atoms with Gasteiger partial charge in [-0.25, -0.2) is 0 Å². The molecular weight excluding hydrogens is 172 g/mol. The maximum Gasteiger partial charge on any atom is 0.0507 e. The number of hydrogen-bond acceptors (Lipinski definition) is 2. The lowest BCUT2D eigenvalue weighted by Gasteiger charge is -2.29. The lowest BCUT2D eigenvalue weighted by molar-refractivity contribution is 0.272. The van der Waals surface area contributed by atoms with Crippen molar-refractivity contribution < 1.29 is 0 Å². The van der Waals surface area contributed by atoms with Gasteiger partial charge in [-0.2, -0.15) is 5.10 Å². The molecule has 0 aromatic carbocycles. The van der Waals surface area contributed by atoms with E-state index in [4.69, 9.17) is 0 Å². The smallest absolute Gasteiger partial charge is 0.0507 e. The summed E-state index contributed by atoms with van der Waals surface area (Å²) >= 11 is 0. The Morgan fingerprint density at radius 1 is 1.64 bits per heavy atom. The molecule has 1 aliphatic heterocycles. The van der Waals surface area contributed by atoms with Crippen LogP contribution in [0.1, 0.15) is 40.5 Å². The fraction of sp³-hybridized carbons (Fsp3) is 0.750. The van der Waals surface area contributed by atoms with Crippen LogP contribution in [0.3, 0.4) is 0 Å². The molecule has 1 rings (SSSR count). The molecule has 14 heavy (non-hydrogen) atoms. The predicted molar refractivity (Wildman–Crippen MR) is 62.4 cm³/mol. The fourth-order valence-corrected chi connectivity index (χ4v) is 1.80. The zero-order valence-electron chi connectivity index (χ0n) is 9.80. The van der Waals surface area contributed by atoms with Crippen LogP contribution in [-0.2, 0) is 0 Å². The SMILES string of the molecule is C=C(C)C(C)C1CC(C)(C)CC=NN1. The first kappa shape index (κ1) is 11.3. The van der Waals surface area contributed by atoms with E-state index in [1.807, 2.05) is 6.21 Å². The first-order valence-corrected chi connectivity index (χ1v) is 5.35. The Kier molecular flexibility index (Phi) is 3.35. The van der Waals surface area contributed by atoms with Crippen LogP contribution in [0.2, 0.25) is 0 Å². The molecule has 0 aromatic rings. The van der Waals surface area contributed by atoms with Gasteiger partial charge >= 0.3 is 0 Å². The summed E-state index contributed by atoms with van der Waals surface area (Å²) in [5.74, 6) is 0.490. The molecule has 0 bridgehead atoms. The summed E-state index contributed by atoms with van der Waals surface area (Å²) in [6.45, 7) is 12.9. The average molecular weight is 194 g/mol. The summed E-state index contributed by atoms with van der Waals surface area (Å²) in [6, 6.07) is 0.432. The molecule has 2 unspecified atom stereocenters. The third-order valence-corrected chi connectivity index (χ3v) is 3.13. The molecule has 80 valence electrons. The van der Waals surface area contributed by atoms with Gasteiger partial charge in [0.1, 0.15) is 0 Å². The summed E-state index contributed by atoms with van der Waals surface area (Å²) in [7, 11) is 0. The van der Waals surface area contributed by atoms with E-state index in [1.165, 1.54) is 5.57 Å². The lowest BCUT2D eigenvalue weighted by atomic mass is 9.79. The Balaban J connectivity index is 2.70. The van der Waals surface area contributed by atoms with E-state index in [9.17, 15) is 0 Å². The van der Waals surface area contributed by atoms with E-state index in [0.717, 1.165) is 12.8 Å². The van der Waals surface area contributed by atoms with Gasteiger partial charge in [0.15, 0.2) is 0 Å². The molecule has 0 saturated heterocycles.